The van der Waals surface area contributed by atoms with Crippen LogP contribution in [0.3, 0.4) is 0 Å². The van der Waals surface area contributed by atoms with Gasteiger partial charge in [0.1, 0.15) is 17.1 Å². The smallest absolute Gasteiger partial charge is 0.352 e. The lowest BCUT2D eigenvalue weighted by molar-refractivity contribution is -0.148. The van der Waals surface area contributed by atoms with Crippen molar-refractivity contribution in [1.29, 1.82) is 0 Å². The summed E-state index contributed by atoms with van der Waals surface area (Å²) in [6, 6.07) is 0.646. The van der Waals surface area contributed by atoms with Gasteiger partial charge in [0, 0.05) is 5.75 Å². The second-order valence-corrected chi connectivity index (χ2v) is 7.29. The van der Waals surface area contributed by atoms with E-state index in [-0.39, 0.29) is 27.5 Å². The molecule has 128 valence electrons. The van der Waals surface area contributed by atoms with Crippen LogP contribution in [0.15, 0.2) is 17.3 Å². The van der Waals surface area contributed by atoms with E-state index in [1.165, 1.54) is 22.7 Å². The van der Waals surface area contributed by atoms with Crippen LogP contribution in [0.4, 0.5) is 0 Å². The molecule has 0 spiro atoms. The first kappa shape index (κ1) is 17.2. The highest BCUT2D eigenvalue weighted by Crippen LogP contribution is 2.44. The zero-order valence-corrected chi connectivity index (χ0v) is 14.3. The molecule has 2 heterocycles. The van der Waals surface area contributed by atoms with Crippen LogP contribution in [0, 0.1) is 0 Å². The van der Waals surface area contributed by atoms with Crippen molar-refractivity contribution in [2.24, 2.45) is 5.73 Å². The number of aliphatic carboxylic acids is 1. The molecule has 0 aliphatic carbocycles. The largest absolute Gasteiger partial charge is 0.503 e. The number of carboxylic acid groups (broad SMARTS) is 1. The monoisotopic (exact) mass is 390 g/mol. The number of carboxylic acids is 1. The molecule has 3 rings (SSSR count). The van der Waals surface area contributed by atoms with Gasteiger partial charge in [0.15, 0.2) is 11.5 Å². The van der Waals surface area contributed by atoms with E-state index in [0.717, 1.165) is 0 Å². The lowest BCUT2D eigenvalue weighted by Gasteiger charge is -2.48. The summed E-state index contributed by atoms with van der Waals surface area (Å²) in [6.07, 6.45) is 0.0623. The third-order valence-corrected chi connectivity index (χ3v) is 6.01. The third kappa shape index (κ3) is 2.50. The highest BCUT2D eigenvalue weighted by Gasteiger charge is 2.51. The van der Waals surface area contributed by atoms with Crippen LogP contribution < -0.4 is 5.73 Å². The number of halogens is 2. The lowest BCUT2D eigenvalue weighted by Crippen LogP contribution is -2.68. The number of fused-ring (bicyclic) bond motifs is 1. The number of aromatic hydroxyl groups is 2. The van der Waals surface area contributed by atoms with Gasteiger partial charge in [0.2, 0.25) is 5.91 Å². The fourth-order valence-corrected chi connectivity index (χ4v) is 4.45. The van der Waals surface area contributed by atoms with Crippen molar-refractivity contribution in [2.45, 2.75) is 17.8 Å². The number of nitrogens with two attached hydrogens (primary N) is 1. The normalized spacial score (nSPS) is 23.1. The number of amides is 1. The topological polar surface area (TPSA) is 124 Å². The number of thioether (sulfide) groups is 1. The van der Waals surface area contributed by atoms with E-state index in [4.69, 9.17) is 28.9 Å². The average molecular weight is 391 g/mol. The zero-order chi connectivity index (χ0) is 17.8. The first-order valence-corrected chi connectivity index (χ1v) is 8.58. The van der Waals surface area contributed by atoms with E-state index in [1.54, 1.807) is 0 Å². The molecule has 10 heteroatoms. The Balaban J connectivity index is 2.02. The number of nitrogens with zero attached hydrogens (tertiary/aromatic N) is 1. The van der Waals surface area contributed by atoms with Crippen molar-refractivity contribution in [1.82, 2.24) is 4.90 Å². The minimum Gasteiger partial charge on any atom is -0.503 e. The van der Waals surface area contributed by atoms with Gasteiger partial charge in [-0.3, -0.25) is 9.69 Å². The Morgan fingerprint density at radius 1 is 1.38 bits per heavy atom. The maximum absolute atomic E-state index is 11.9. The van der Waals surface area contributed by atoms with E-state index < -0.39 is 29.4 Å². The quantitative estimate of drug-likeness (QED) is 0.455. The molecule has 7 nitrogen and oxygen atoms in total. The fourth-order valence-electron chi connectivity index (χ4n) is 2.73. The van der Waals surface area contributed by atoms with Crippen LogP contribution >= 0.6 is 35.0 Å². The molecule has 1 saturated heterocycles. The number of rotatable bonds is 3. The Kier molecular flexibility index (Phi) is 4.33. The summed E-state index contributed by atoms with van der Waals surface area (Å²) in [5.41, 5.74) is 6.37. The summed E-state index contributed by atoms with van der Waals surface area (Å²) in [5, 5.41) is 28.2. The van der Waals surface area contributed by atoms with Gasteiger partial charge < -0.3 is 21.1 Å². The first-order chi connectivity index (χ1) is 11.2. The molecule has 1 aromatic rings. The molecule has 0 radical (unpaired) electrons. The number of hydrogen-bond acceptors (Lipinski definition) is 6. The molecule has 2 atom stereocenters. The average Bonchev–Trinajstić information content (AvgIpc) is 2.56. The molecule has 2 aliphatic heterocycles. The number of carbonyl (C=O) groups excluding carboxylic acids is 1. The highest BCUT2D eigenvalue weighted by molar-refractivity contribution is 8.00. The van der Waals surface area contributed by atoms with Crippen molar-refractivity contribution in [2.75, 3.05) is 5.75 Å². The summed E-state index contributed by atoms with van der Waals surface area (Å²) in [4.78, 5) is 24.7. The summed E-state index contributed by atoms with van der Waals surface area (Å²) in [6.45, 7) is 0. The lowest BCUT2D eigenvalue weighted by atomic mass is 9.99. The van der Waals surface area contributed by atoms with Crippen LogP contribution in [0.2, 0.25) is 10.0 Å². The van der Waals surface area contributed by atoms with Crippen molar-refractivity contribution in [3.05, 3.63) is 32.9 Å². The van der Waals surface area contributed by atoms with Crippen molar-refractivity contribution < 1.29 is 24.9 Å². The number of phenolic OH excluding ortho intramolecular Hbond substituents is 2. The Morgan fingerprint density at radius 3 is 2.67 bits per heavy atom. The van der Waals surface area contributed by atoms with Gasteiger partial charge in [-0.1, -0.05) is 23.2 Å². The first-order valence-electron chi connectivity index (χ1n) is 6.78. The molecule has 0 bridgehead atoms. The highest BCUT2D eigenvalue weighted by atomic mass is 35.5. The molecule has 0 aromatic heterocycles. The molecule has 1 aromatic carbocycles. The van der Waals surface area contributed by atoms with E-state index in [1.807, 2.05) is 0 Å². The van der Waals surface area contributed by atoms with E-state index in [2.05, 4.69) is 0 Å². The Labute approximate surface area is 150 Å². The van der Waals surface area contributed by atoms with Crippen molar-refractivity contribution >= 4 is 46.8 Å². The van der Waals surface area contributed by atoms with Crippen LogP contribution in [0.25, 0.3) is 0 Å². The molecule has 1 amide bonds. The molecule has 1 fully saturated rings. The van der Waals surface area contributed by atoms with Gasteiger partial charge in [0.05, 0.1) is 10.0 Å². The minimum atomic E-state index is -1.24. The minimum absolute atomic E-state index is 0.0623. The molecular weight excluding hydrogens is 379 g/mol. The van der Waals surface area contributed by atoms with Gasteiger partial charge in [-0.05, 0) is 23.6 Å². The number of benzene rings is 1. The molecule has 2 aliphatic rings. The maximum atomic E-state index is 11.9. The van der Waals surface area contributed by atoms with Crippen molar-refractivity contribution in [3.63, 3.8) is 0 Å². The molecule has 24 heavy (non-hydrogen) atoms. The van der Waals surface area contributed by atoms with E-state index in [0.29, 0.717) is 16.9 Å². The summed E-state index contributed by atoms with van der Waals surface area (Å²) >= 11 is 13.2. The van der Waals surface area contributed by atoms with Crippen LogP contribution in [-0.2, 0) is 16.0 Å². The Morgan fingerprint density at radius 2 is 2.04 bits per heavy atom. The third-order valence-electron chi connectivity index (χ3n) is 3.94. The van der Waals surface area contributed by atoms with Gasteiger partial charge >= 0.3 is 5.97 Å². The SMILES string of the molecule is NC1C(=O)N2C(C(=O)O)=C(Cc3cc(Cl)c(O)c(O)c3Cl)CS[C@@H]12. The van der Waals surface area contributed by atoms with Gasteiger partial charge in [-0.25, -0.2) is 4.79 Å². The van der Waals surface area contributed by atoms with Crippen LogP contribution in [0.5, 0.6) is 11.5 Å². The summed E-state index contributed by atoms with van der Waals surface area (Å²) in [5.74, 6) is -2.44. The number of hydrogen-bond donors (Lipinski definition) is 4. The van der Waals surface area contributed by atoms with Gasteiger partial charge in [-0.2, -0.15) is 0 Å². The van der Waals surface area contributed by atoms with Crippen LogP contribution in [-0.4, -0.2) is 49.3 Å². The van der Waals surface area contributed by atoms with E-state index >= 15 is 0 Å². The van der Waals surface area contributed by atoms with Gasteiger partial charge in [-0.15, -0.1) is 11.8 Å². The second kappa shape index (κ2) is 6.03. The predicted molar refractivity (Wildman–Crippen MR) is 89.2 cm³/mol. The summed E-state index contributed by atoms with van der Waals surface area (Å²) in [7, 11) is 0. The standard InChI is InChI=1S/C14H12Cl2N2O5S/c15-6-2-4(7(16)11(20)10(6)19)1-5-3-24-13-8(17)12(21)18(13)9(5)14(22)23/h2,8,13,19-20H,1,3,17H2,(H,22,23)/t8?,13-/m0/s1. The molecule has 5 N–H and O–H groups in total. The zero-order valence-electron chi connectivity index (χ0n) is 12.0. The van der Waals surface area contributed by atoms with E-state index in [9.17, 15) is 24.9 Å². The predicted octanol–water partition coefficient (Wildman–Crippen LogP) is 1.53. The van der Waals surface area contributed by atoms with Crippen molar-refractivity contribution in [3.8, 4) is 11.5 Å². The molecule has 0 saturated carbocycles. The number of β-lactam (4-membered cyclic amide) rings is 1. The molecule has 1 unspecified atom stereocenters. The van der Waals surface area contributed by atoms with Crippen LogP contribution in [0.1, 0.15) is 5.56 Å². The number of carbonyl (C=O) groups is 2. The van der Waals surface area contributed by atoms with Gasteiger partial charge in [0.25, 0.3) is 0 Å². The number of phenols is 2. The summed E-state index contributed by atoms with van der Waals surface area (Å²) < 4.78 is 0. The maximum Gasteiger partial charge on any atom is 0.352 e. The molecular formula is C14H12Cl2N2O5S. The second-order valence-electron chi connectivity index (χ2n) is 5.40. The Bertz CT molecular complexity index is 798. The fraction of sp³-hybridized carbons (Fsp3) is 0.286. The Hall–Kier alpha value is -1.61.